The van der Waals surface area contributed by atoms with E-state index in [1.807, 2.05) is 0 Å². The molecule has 66 valence electrons. The van der Waals surface area contributed by atoms with Gasteiger partial charge >= 0.3 is 0 Å². The van der Waals surface area contributed by atoms with Crippen LogP contribution >= 0.6 is 0 Å². The van der Waals surface area contributed by atoms with E-state index in [0.717, 1.165) is 26.2 Å². The smallest absolute Gasteiger partial charge is 0.0626 e. The first-order valence-electron chi connectivity index (χ1n) is 4.02. The second kappa shape index (κ2) is 3.52. The molecule has 0 spiro atoms. The Bertz CT molecular complexity index is 125. The van der Waals surface area contributed by atoms with Crippen LogP contribution < -0.4 is 0 Å². The maximum atomic E-state index is 5.15. The maximum absolute atomic E-state index is 5.15. The SMILES string of the molecule is COCC1(C)C[N-]CCN1C. The summed E-state index contributed by atoms with van der Waals surface area (Å²) in [4.78, 5) is 2.32. The van der Waals surface area contributed by atoms with Gasteiger partial charge in [-0.3, -0.25) is 0 Å². The monoisotopic (exact) mass is 157 g/mol. The molecule has 0 aromatic rings. The van der Waals surface area contributed by atoms with Gasteiger partial charge in [-0.05, 0) is 20.5 Å². The molecule has 3 heteroatoms. The van der Waals surface area contributed by atoms with Gasteiger partial charge in [0.1, 0.15) is 0 Å². The van der Waals surface area contributed by atoms with Gasteiger partial charge < -0.3 is 15.0 Å². The van der Waals surface area contributed by atoms with Crippen molar-refractivity contribution in [2.75, 3.05) is 40.4 Å². The molecule has 0 radical (unpaired) electrons. The van der Waals surface area contributed by atoms with Crippen molar-refractivity contribution >= 4 is 0 Å². The lowest BCUT2D eigenvalue weighted by Crippen LogP contribution is -2.54. The molecule has 3 nitrogen and oxygen atoms in total. The van der Waals surface area contributed by atoms with Crippen LogP contribution in [0.5, 0.6) is 0 Å². The molecular formula is C8H17N2O-. The number of hydrogen-bond acceptors (Lipinski definition) is 2. The predicted molar refractivity (Wildman–Crippen MR) is 46.0 cm³/mol. The van der Waals surface area contributed by atoms with E-state index in [1.54, 1.807) is 7.11 Å². The third-order valence-corrected chi connectivity index (χ3v) is 2.42. The summed E-state index contributed by atoms with van der Waals surface area (Å²) in [5, 5.41) is 4.38. The molecule has 11 heavy (non-hydrogen) atoms. The zero-order chi connectivity index (χ0) is 8.32. The van der Waals surface area contributed by atoms with Crippen LogP contribution in [0.3, 0.4) is 0 Å². The van der Waals surface area contributed by atoms with E-state index in [0.29, 0.717) is 0 Å². The molecule has 1 aliphatic rings. The summed E-state index contributed by atoms with van der Waals surface area (Å²) in [7, 11) is 3.88. The summed E-state index contributed by atoms with van der Waals surface area (Å²) in [6.07, 6.45) is 0. The van der Waals surface area contributed by atoms with Gasteiger partial charge in [0.15, 0.2) is 0 Å². The van der Waals surface area contributed by atoms with Crippen LogP contribution in [0.2, 0.25) is 0 Å². The van der Waals surface area contributed by atoms with Gasteiger partial charge in [-0.2, -0.15) is 0 Å². The minimum absolute atomic E-state index is 0.132. The Morgan fingerprint density at radius 1 is 1.64 bits per heavy atom. The highest BCUT2D eigenvalue weighted by atomic mass is 16.5. The van der Waals surface area contributed by atoms with Crippen LogP contribution in [0.4, 0.5) is 0 Å². The van der Waals surface area contributed by atoms with E-state index in [1.165, 1.54) is 0 Å². The Morgan fingerprint density at radius 2 is 2.36 bits per heavy atom. The van der Waals surface area contributed by atoms with Crippen molar-refractivity contribution in [3.05, 3.63) is 5.32 Å². The molecule has 0 saturated carbocycles. The van der Waals surface area contributed by atoms with Crippen LogP contribution in [0.25, 0.3) is 5.32 Å². The van der Waals surface area contributed by atoms with Crippen molar-refractivity contribution in [3.8, 4) is 0 Å². The van der Waals surface area contributed by atoms with E-state index < -0.39 is 0 Å². The van der Waals surface area contributed by atoms with Gasteiger partial charge in [-0.25, -0.2) is 0 Å². The number of piperazine rings is 1. The molecular weight excluding hydrogens is 140 g/mol. The standard InChI is InChI=1S/C8H17N2O/c1-8(7-11-3)6-9-4-5-10(8)2/h4-7H2,1-3H3/q-1. The van der Waals surface area contributed by atoms with Crippen molar-refractivity contribution in [1.82, 2.24) is 4.90 Å². The Hall–Kier alpha value is -0.120. The summed E-state index contributed by atoms with van der Waals surface area (Å²) >= 11 is 0. The average molecular weight is 157 g/mol. The van der Waals surface area contributed by atoms with Gasteiger partial charge in [-0.1, -0.05) is 0 Å². The number of nitrogens with zero attached hydrogens (tertiary/aromatic N) is 2. The molecule has 1 fully saturated rings. The molecule has 0 aromatic heterocycles. The van der Waals surface area contributed by atoms with Crippen molar-refractivity contribution in [2.24, 2.45) is 0 Å². The third-order valence-electron chi connectivity index (χ3n) is 2.42. The predicted octanol–water partition coefficient (Wildman–Crippen LogP) is 0.711. The largest absolute Gasteiger partial charge is 0.660 e. The molecule has 1 atom stereocenters. The topological polar surface area (TPSA) is 26.6 Å². The van der Waals surface area contributed by atoms with Gasteiger partial charge in [0.25, 0.3) is 0 Å². The lowest BCUT2D eigenvalue weighted by Gasteiger charge is -2.49. The number of methoxy groups -OCH3 is 1. The fourth-order valence-corrected chi connectivity index (χ4v) is 1.40. The van der Waals surface area contributed by atoms with Crippen molar-refractivity contribution in [3.63, 3.8) is 0 Å². The van der Waals surface area contributed by atoms with E-state index in [-0.39, 0.29) is 5.54 Å². The minimum atomic E-state index is 0.132. The van der Waals surface area contributed by atoms with E-state index in [2.05, 4.69) is 24.2 Å². The Balaban J connectivity index is 2.49. The van der Waals surface area contributed by atoms with Gasteiger partial charge in [0, 0.05) is 12.6 Å². The first-order chi connectivity index (χ1) is 5.19. The highest BCUT2D eigenvalue weighted by molar-refractivity contribution is 5.02. The number of ether oxygens (including phenoxy) is 1. The molecule has 1 heterocycles. The minimum Gasteiger partial charge on any atom is -0.660 e. The second-order valence-corrected chi connectivity index (χ2v) is 3.46. The van der Waals surface area contributed by atoms with E-state index in [9.17, 15) is 0 Å². The van der Waals surface area contributed by atoms with Gasteiger partial charge in [0.05, 0.1) is 6.61 Å². The summed E-state index contributed by atoms with van der Waals surface area (Å²) in [6, 6.07) is 0. The number of likely N-dealkylation sites (N-methyl/N-ethyl adjacent to an activating group) is 1. The number of rotatable bonds is 2. The highest BCUT2D eigenvalue weighted by Crippen LogP contribution is 2.20. The Morgan fingerprint density at radius 3 is 2.91 bits per heavy atom. The summed E-state index contributed by atoms with van der Waals surface area (Å²) in [6.45, 7) is 5.89. The lowest BCUT2D eigenvalue weighted by molar-refractivity contribution is 0.0410. The summed E-state index contributed by atoms with van der Waals surface area (Å²) in [5.74, 6) is 0. The van der Waals surface area contributed by atoms with E-state index >= 15 is 0 Å². The number of hydrogen-bond donors (Lipinski definition) is 0. The average Bonchev–Trinajstić information content (AvgIpc) is 1.96. The zero-order valence-corrected chi connectivity index (χ0v) is 7.63. The molecule has 0 aliphatic carbocycles. The molecule has 1 unspecified atom stereocenters. The lowest BCUT2D eigenvalue weighted by atomic mass is 9.99. The normalized spacial score (nSPS) is 34.1. The summed E-state index contributed by atoms with van der Waals surface area (Å²) in [5.41, 5.74) is 0.132. The third kappa shape index (κ3) is 1.92. The molecule has 0 amide bonds. The summed E-state index contributed by atoms with van der Waals surface area (Å²) < 4.78 is 5.15. The molecule has 0 bridgehead atoms. The van der Waals surface area contributed by atoms with Crippen molar-refractivity contribution < 1.29 is 4.74 Å². The van der Waals surface area contributed by atoms with Crippen molar-refractivity contribution in [2.45, 2.75) is 12.5 Å². The van der Waals surface area contributed by atoms with Crippen LogP contribution in [-0.4, -0.2) is 50.8 Å². The van der Waals surface area contributed by atoms with Gasteiger partial charge in [-0.15, -0.1) is 13.1 Å². The quantitative estimate of drug-likeness (QED) is 0.590. The van der Waals surface area contributed by atoms with E-state index in [4.69, 9.17) is 4.74 Å². The zero-order valence-electron chi connectivity index (χ0n) is 7.63. The molecule has 0 N–H and O–H groups in total. The fourth-order valence-electron chi connectivity index (χ4n) is 1.40. The first-order valence-corrected chi connectivity index (χ1v) is 4.02. The molecule has 1 rings (SSSR count). The van der Waals surface area contributed by atoms with Crippen LogP contribution in [0, 0.1) is 0 Å². The second-order valence-electron chi connectivity index (χ2n) is 3.46. The molecule has 1 saturated heterocycles. The van der Waals surface area contributed by atoms with Crippen LogP contribution in [0.15, 0.2) is 0 Å². The maximum Gasteiger partial charge on any atom is 0.0626 e. The molecule has 0 aromatic carbocycles. The Labute approximate surface area is 68.7 Å². The molecule has 1 aliphatic heterocycles. The Kier molecular flexibility index (Phi) is 2.87. The fraction of sp³-hybridized carbons (Fsp3) is 1.00. The van der Waals surface area contributed by atoms with Crippen molar-refractivity contribution in [1.29, 1.82) is 0 Å². The van der Waals surface area contributed by atoms with Crippen LogP contribution in [-0.2, 0) is 4.74 Å². The van der Waals surface area contributed by atoms with Crippen LogP contribution in [0.1, 0.15) is 6.92 Å². The highest BCUT2D eigenvalue weighted by Gasteiger charge is 2.26. The van der Waals surface area contributed by atoms with Gasteiger partial charge in [0.2, 0.25) is 0 Å². The first kappa shape index (κ1) is 8.97.